The van der Waals surface area contributed by atoms with E-state index in [-0.39, 0.29) is 11.6 Å². The number of aryl methyl sites for hydroxylation is 1. The first-order valence-electron chi connectivity index (χ1n) is 9.92. The predicted molar refractivity (Wildman–Crippen MR) is 118 cm³/mol. The fourth-order valence-corrected chi connectivity index (χ4v) is 4.32. The molecule has 0 saturated carbocycles. The van der Waals surface area contributed by atoms with Crippen molar-refractivity contribution >= 4 is 45.4 Å². The molecule has 0 fully saturated rings. The van der Waals surface area contributed by atoms with Crippen molar-refractivity contribution < 1.29 is 18.0 Å². The number of aromatic amines is 2. The first kappa shape index (κ1) is 22.0. The Morgan fingerprint density at radius 3 is 2.66 bits per heavy atom. The Morgan fingerprint density at radius 1 is 1.19 bits per heavy atom. The molecule has 0 aliphatic heterocycles. The maximum Gasteiger partial charge on any atom is 0.416 e. The summed E-state index contributed by atoms with van der Waals surface area (Å²) < 4.78 is 41.2. The molecule has 7 nitrogen and oxygen atoms in total. The number of nitrogens with one attached hydrogen (secondary N) is 3. The number of rotatable bonds is 6. The highest BCUT2D eigenvalue weighted by atomic mass is 32.2. The first-order chi connectivity index (χ1) is 15.2. The lowest BCUT2D eigenvalue weighted by Gasteiger charge is -2.13. The fourth-order valence-electron chi connectivity index (χ4n) is 3.37. The zero-order valence-corrected chi connectivity index (χ0v) is 18.0. The largest absolute Gasteiger partial charge is 0.416 e. The van der Waals surface area contributed by atoms with E-state index < -0.39 is 17.0 Å². The van der Waals surface area contributed by atoms with Crippen LogP contribution in [0.4, 0.5) is 18.9 Å². The van der Waals surface area contributed by atoms with E-state index in [9.17, 15) is 22.8 Å². The lowest BCUT2D eigenvalue weighted by molar-refractivity contribution is -0.137. The second kappa shape index (κ2) is 8.38. The van der Waals surface area contributed by atoms with Crippen LogP contribution in [0.1, 0.15) is 25.8 Å². The second-order valence-electron chi connectivity index (χ2n) is 7.34. The molecule has 2 heterocycles. The Bertz CT molecular complexity index is 1360. The molecule has 168 valence electrons. The lowest BCUT2D eigenvalue weighted by Crippen LogP contribution is -2.23. The SMILES string of the molecule is CCCn1c(SC(C)C(=O)Nc2ccc3[nH]c(=O)[nH]c3c2)nc2ccc(C(F)(F)F)cc21. The zero-order valence-electron chi connectivity index (χ0n) is 17.2. The smallest absolute Gasteiger partial charge is 0.325 e. The molecule has 32 heavy (non-hydrogen) atoms. The monoisotopic (exact) mass is 463 g/mol. The molecule has 11 heteroatoms. The maximum atomic E-state index is 13.2. The van der Waals surface area contributed by atoms with Crippen molar-refractivity contribution in [1.82, 2.24) is 19.5 Å². The van der Waals surface area contributed by atoms with Gasteiger partial charge < -0.3 is 19.9 Å². The van der Waals surface area contributed by atoms with E-state index >= 15 is 0 Å². The number of fused-ring (bicyclic) bond motifs is 2. The van der Waals surface area contributed by atoms with E-state index in [0.29, 0.717) is 45.9 Å². The van der Waals surface area contributed by atoms with Crippen LogP contribution in [0.2, 0.25) is 0 Å². The Hall–Kier alpha value is -3.21. The van der Waals surface area contributed by atoms with Crippen molar-refractivity contribution in [2.45, 2.75) is 43.4 Å². The fraction of sp³-hybridized carbons (Fsp3) is 0.286. The van der Waals surface area contributed by atoms with Gasteiger partial charge in [0.05, 0.1) is 32.9 Å². The van der Waals surface area contributed by atoms with Crippen LogP contribution in [0.15, 0.2) is 46.3 Å². The molecule has 4 rings (SSSR count). The Morgan fingerprint density at radius 2 is 1.94 bits per heavy atom. The number of nitrogens with zero attached hydrogens (tertiary/aromatic N) is 2. The van der Waals surface area contributed by atoms with Crippen LogP contribution in [-0.4, -0.2) is 30.7 Å². The molecule has 0 aliphatic rings. The summed E-state index contributed by atoms with van der Waals surface area (Å²) in [7, 11) is 0. The number of carbonyl (C=O) groups is 1. The molecule has 0 radical (unpaired) electrons. The average molecular weight is 463 g/mol. The number of aromatic nitrogens is 4. The number of anilines is 1. The Labute approximate surface area is 184 Å². The molecule has 0 aliphatic carbocycles. The van der Waals surface area contributed by atoms with Crippen molar-refractivity contribution in [2.24, 2.45) is 0 Å². The van der Waals surface area contributed by atoms with E-state index in [1.807, 2.05) is 6.92 Å². The highest BCUT2D eigenvalue weighted by Gasteiger charge is 2.31. The number of halogens is 3. The number of benzene rings is 2. The lowest BCUT2D eigenvalue weighted by atomic mass is 10.2. The summed E-state index contributed by atoms with van der Waals surface area (Å²) in [4.78, 5) is 33.8. The molecule has 0 saturated heterocycles. The Balaban J connectivity index is 1.57. The number of imidazole rings is 2. The van der Waals surface area contributed by atoms with Gasteiger partial charge >= 0.3 is 11.9 Å². The number of amides is 1. The molecule has 1 unspecified atom stereocenters. The van der Waals surface area contributed by atoms with Gasteiger partial charge in [-0.15, -0.1) is 0 Å². The molecule has 0 spiro atoms. The van der Waals surface area contributed by atoms with Crippen molar-refractivity contribution in [3.8, 4) is 0 Å². The molecule has 0 bridgehead atoms. The van der Waals surface area contributed by atoms with Crippen molar-refractivity contribution in [1.29, 1.82) is 0 Å². The summed E-state index contributed by atoms with van der Waals surface area (Å²) in [6.45, 7) is 4.10. The van der Waals surface area contributed by atoms with Gasteiger partial charge in [-0.25, -0.2) is 9.78 Å². The van der Waals surface area contributed by atoms with E-state index in [1.165, 1.54) is 17.8 Å². The molecule has 4 aromatic rings. The third-order valence-corrected chi connectivity index (χ3v) is 6.01. The van der Waals surface area contributed by atoms with Crippen LogP contribution in [0, 0.1) is 0 Å². The maximum absolute atomic E-state index is 13.2. The van der Waals surface area contributed by atoms with Gasteiger partial charge in [-0.05, 0) is 49.7 Å². The normalized spacial score (nSPS) is 13.0. The molecule has 1 amide bonds. The molecular weight excluding hydrogens is 443 g/mol. The van der Waals surface area contributed by atoms with Crippen LogP contribution in [0.25, 0.3) is 22.1 Å². The van der Waals surface area contributed by atoms with Crippen molar-refractivity contribution in [3.63, 3.8) is 0 Å². The van der Waals surface area contributed by atoms with Crippen LogP contribution in [0.5, 0.6) is 0 Å². The van der Waals surface area contributed by atoms with Gasteiger partial charge in [0.15, 0.2) is 5.16 Å². The first-order valence-corrected chi connectivity index (χ1v) is 10.8. The predicted octanol–water partition coefficient (Wildman–Crippen LogP) is 4.75. The number of hydrogen-bond acceptors (Lipinski definition) is 4. The van der Waals surface area contributed by atoms with Crippen molar-refractivity contribution in [3.05, 3.63) is 52.4 Å². The molecule has 2 aromatic carbocycles. The van der Waals surface area contributed by atoms with E-state index in [2.05, 4.69) is 20.3 Å². The highest BCUT2D eigenvalue weighted by molar-refractivity contribution is 8.00. The van der Waals surface area contributed by atoms with Crippen LogP contribution in [-0.2, 0) is 17.5 Å². The minimum absolute atomic E-state index is 0.293. The number of H-pyrrole nitrogens is 2. The molecular formula is C21H20F3N5O2S. The molecule has 1 atom stereocenters. The summed E-state index contributed by atoms with van der Waals surface area (Å²) in [5.74, 6) is -0.293. The Kier molecular flexibility index (Phi) is 5.76. The average Bonchev–Trinajstić information content (AvgIpc) is 3.26. The summed E-state index contributed by atoms with van der Waals surface area (Å²) in [5.41, 5.74) is 1.48. The van der Waals surface area contributed by atoms with Gasteiger partial charge in [0.2, 0.25) is 5.91 Å². The summed E-state index contributed by atoms with van der Waals surface area (Å²) in [6.07, 6.45) is -3.74. The van der Waals surface area contributed by atoms with Gasteiger partial charge in [0, 0.05) is 12.2 Å². The third kappa shape index (κ3) is 4.38. The second-order valence-corrected chi connectivity index (χ2v) is 8.64. The molecule has 3 N–H and O–H groups in total. The van der Waals surface area contributed by atoms with Gasteiger partial charge in [0.25, 0.3) is 0 Å². The summed E-state index contributed by atoms with van der Waals surface area (Å²) in [6, 6.07) is 8.46. The minimum Gasteiger partial charge on any atom is -0.325 e. The van der Waals surface area contributed by atoms with E-state index in [0.717, 1.165) is 12.1 Å². The third-order valence-electron chi connectivity index (χ3n) is 4.92. The van der Waals surface area contributed by atoms with Gasteiger partial charge in [-0.2, -0.15) is 13.2 Å². The van der Waals surface area contributed by atoms with Crippen LogP contribution >= 0.6 is 11.8 Å². The van der Waals surface area contributed by atoms with Gasteiger partial charge in [0.1, 0.15) is 0 Å². The standard InChI is InChI=1S/C21H20F3N5O2S/c1-3-8-29-17-9-12(21(22,23)24)4-6-15(17)28-20(29)32-11(2)18(30)25-13-5-7-14-16(10-13)27-19(31)26-14/h4-7,9-11H,3,8H2,1-2H3,(H,25,30)(H2,26,27,31). The summed E-state index contributed by atoms with van der Waals surface area (Å²) >= 11 is 1.18. The van der Waals surface area contributed by atoms with E-state index in [1.54, 1.807) is 29.7 Å². The van der Waals surface area contributed by atoms with Gasteiger partial charge in [-0.3, -0.25) is 4.79 Å². The summed E-state index contributed by atoms with van der Waals surface area (Å²) in [5, 5.41) is 2.71. The number of alkyl halides is 3. The van der Waals surface area contributed by atoms with Crippen LogP contribution < -0.4 is 11.0 Å². The highest BCUT2D eigenvalue weighted by Crippen LogP contribution is 2.34. The minimum atomic E-state index is -4.44. The number of hydrogen-bond donors (Lipinski definition) is 3. The van der Waals surface area contributed by atoms with Crippen molar-refractivity contribution in [2.75, 3.05) is 5.32 Å². The molecule has 2 aromatic heterocycles. The van der Waals surface area contributed by atoms with E-state index in [4.69, 9.17) is 0 Å². The van der Waals surface area contributed by atoms with Crippen LogP contribution in [0.3, 0.4) is 0 Å². The zero-order chi connectivity index (χ0) is 23.0. The topological polar surface area (TPSA) is 95.6 Å². The number of thioether (sulfide) groups is 1. The number of carbonyl (C=O) groups excluding carboxylic acids is 1. The quantitative estimate of drug-likeness (QED) is 0.360. The van der Waals surface area contributed by atoms with Gasteiger partial charge in [-0.1, -0.05) is 18.7 Å².